The summed E-state index contributed by atoms with van der Waals surface area (Å²) in [5.74, 6) is 1.86. The summed E-state index contributed by atoms with van der Waals surface area (Å²) in [6.07, 6.45) is 6.92. The molecule has 0 N–H and O–H groups in total. The minimum atomic E-state index is 0. The second kappa shape index (κ2) is 9.20. The van der Waals surface area contributed by atoms with E-state index in [-0.39, 0.29) is 21.1 Å². The van der Waals surface area contributed by atoms with Crippen LogP contribution < -0.4 is 4.74 Å². The number of rotatable bonds is 4. The van der Waals surface area contributed by atoms with Gasteiger partial charge in [0.2, 0.25) is 5.88 Å². The van der Waals surface area contributed by atoms with E-state index in [2.05, 4.69) is 68.9 Å². The van der Waals surface area contributed by atoms with Crippen molar-refractivity contribution in [2.75, 3.05) is 0 Å². The molecule has 0 spiro atoms. The van der Waals surface area contributed by atoms with Crippen LogP contribution in [0.1, 0.15) is 5.56 Å². The van der Waals surface area contributed by atoms with Crippen molar-refractivity contribution in [1.82, 2.24) is 19.5 Å². The number of fused-ring (bicyclic) bond motifs is 3. The number of hydrogen-bond acceptors (Lipinski definition) is 4. The Balaban J connectivity index is 0.00000241. The maximum Gasteiger partial charge on any atom is 2.00 e. The van der Waals surface area contributed by atoms with Crippen molar-refractivity contribution in [3.8, 4) is 28.6 Å². The molecule has 0 aliphatic rings. The van der Waals surface area contributed by atoms with Crippen LogP contribution >= 0.6 is 0 Å². The van der Waals surface area contributed by atoms with Gasteiger partial charge < -0.3 is 14.3 Å². The quantitative estimate of drug-likeness (QED) is 0.216. The fourth-order valence-electron chi connectivity index (χ4n) is 4.02. The smallest absolute Gasteiger partial charge is 0.458 e. The van der Waals surface area contributed by atoms with Gasteiger partial charge >= 0.3 is 21.1 Å². The molecule has 6 heteroatoms. The average molecular weight is 622 g/mol. The summed E-state index contributed by atoms with van der Waals surface area (Å²) in [5, 5.41) is 2.28. The second-order valence-corrected chi connectivity index (χ2v) is 7.76. The molecule has 0 amide bonds. The molecule has 4 heterocycles. The van der Waals surface area contributed by atoms with E-state index in [1.165, 1.54) is 0 Å². The number of hydrogen-bond donors (Lipinski definition) is 0. The van der Waals surface area contributed by atoms with Gasteiger partial charge in [0, 0.05) is 24.0 Å². The zero-order valence-corrected chi connectivity index (χ0v) is 20.4. The first kappa shape index (κ1) is 22.0. The van der Waals surface area contributed by atoms with Crippen LogP contribution in [-0.2, 0) is 21.1 Å². The number of nitrogens with zero attached hydrogens (tertiary/aromatic N) is 4. The number of benzene rings is 2. The van der Waals surface area contributed by atoms with Gasteiger partial charge in [-0.15, -0.1) is 12.1 Å². The number of pyridine rings is 3. The molecule has 6 rings (SSSR count). The molecule has 0 atom stereocenters. The predicted molar refractivity (Wildman–Crippen MR) is 129 cm³/mol. The Labute approximate surface area is 211 Å². The monoisotopic (exact) mass is 621 g/mol. The number of aryl methyl sites for hydroxylation is 1. The minimum Gasteiger partial charge on any atom is -0.458 e. The molecule has 6 aromatic rings. The topological polar surface area (TPSA) is 52.8 Å². The largest absolute Gasteiger partial charge is 2.00 e. The summed E-state index contributed by atoms with van der Waals surface area (Å²) < 4.78 is 7.98. The first-order valence-electron chi connectivity index (χ1n) is 10.6. The third-order valence-corrected chi connectivity index (χ3v) is 5.51. The summed E-state index contributed by atoms with van der Waals surface area (Å²) in [4.78, 5) is 13.2. The molecule has 0 radical (unpaired) electrons. The van der Waals surface area contributed by atoms with Crippen molar-refractivity contribution in [2.45, 2.75) is 6.92 Å². The Kier molecular flexibility index (Phi) is 5.95. The van der Waals surface area contributed by atoms with Gasteiger partial charge in [0.1, 0.15) is 5.82 Å². The van der Waals surface area contributed by atoms with Crippen molar-refractivity contribution in [1.29, 1.82) is 0 Å². The Morgan fingerprint density at radius 2 is 1.68 bits per heavy atom. The van der Waals surface area contributed by atoms with Crippen molar-refractivity contribution in [3.05, 3.63) is 109 Å². The summed E-state index contributed by atoms with van der Waals surface area (Å²) >= 11 is 0. The number of para-hydroxylation sites is 1. The molecule has 0 fully saturated rings. The van der Waals surface area contributed by atoms with Gasteiger partial charge in [-0.2, -0.15) is 12.1 Å². The van der Waals surface area contributed by atoms with Gasteiger partial charge in [-0.3, -0.25) is 0 Å². The van der Waals surface area contributed by atoms with E-state index in [0.717, 1.165) is 44.3 Å². The molecule has 0 bridgehead atoms. The van der Waals surface area contributed by atoms with Gasteiger partial charge in [-0.05, 0) is 53.9 Å². The first-order valence-corrected chi connectivity index (χ1v) is 10.6. The Morgan fingerprint density at radius 3 is 2.53 bits per heavy atom. The SMILES string of the molecule is Cc1ccnc(-n2c3[c-]c(-c4[c-]c(Oc5ccccn5)cnc4)ccc3c3ccccc32)c1.[Pt+2]. The number of aromatic nitrogens is 4. The third kappa shape index (κ3) is 4.00. The Hall–Kier alpha value is -3.82. The van der Waals surface area contributed by atoms with Gasteiger partial charge in [0.15, 0.2) is 0 Å². The molecule has 4 aromatic heterocycles. The van der Waals surface area contributed by atoms with E-state index in [4.69, 9.17) is 4.74 Å². The van der Waals surface area contributed by atoms with Crippen LogP contribution in [0.3, 0.4) is 0 Å². The molecular formula is C28H18N4OPt. The fraction of sp³-hybridized carbons (Fsp3) is 0.0357. The molecule has 0 aliphatic carbocycles. The maximum atomic E-state index is 5.82. The van der Waals surface area contributed by atoms with Crippen LogP contribution in [-0.4, -0.2) is 19.5 Å². The van der Waals surface area contributed by atoms with Crippen molar-refractivity contribution >= 4 is 21.8 Å². The Bertz CT molecular complexity index is 1610. The van der Waals surface area contributed by atoms with Gasteiger partial charge in [0.05, 0.1) is 5.75 Å². The predicted octanol–water partition coefficient (Wildman–Crippen LogP) is 6.33. The molecule has 0 unspecified atom stereocenters. The first-order chi connectivity index (χ1) is 16.3. The van der Waals surface area contributed by atoms with Gasteiger partial charge in [-0.25, -0.2) is 21.1 Å². The molecule has 166 valence electrons. The summed E-state index contributed by atoms with van der Waals surface area (Å²) in [6, 6.07) is 29.0. The van der Waals surface area contributed by atoms with Crippen molar-refractivity contribution < 1.29 is 25.8 Å². The van der Waals surface area contributed by atoms with Crippen LogP contribution in [0.25, 0.3) is 38.8 Å². The summed E-state index contributed by atoms with van der Waals surface area (Å²) in [7, 11) is 0. The van der Waals surface area contributed by atoms with Gasteiger partial charge in [0.25, 0.3) is 0 Å². The van der Waals surface area contributed by atoms with Crippen LogP contribution in [0, 0.1) is 19.1 Å². The van der Waals surface area contributed by atoms with Crippen LogP contribution in [0.2, 0.25) is 0 Å². The van der Waals surface area contributed by atoms with E-state index in [0.29, 0.717) is 11.6 Å². The van der Waals surface area contributed by atoms with E-state index in [9.17, 15) is 0 Å². The van der Waals surface area contributed by atoms with Crippen LogP contribution in [0.4, 0.5) is 0 Å². The molecule has 2 aromatic carbocycles. The molecule has 34 heavy (non-hydrogen) atoms. The van der Waals surface area contributed by atoms with E-state index >= 15 is 0 Å². The summed E-state index contributed by atoms with van der Waals surface area (Å²) in [6.45, 7) is 2.07. The molecule has 0 aliphatic heterocycles. The third-order valence-electron chi connectivity index (χ3n) is 5.51. The molecule has 0 saturated carbocycles. The maximum absolute atomic E-state index is 5.82. The molecule has 0 saturated heterocycles. The normalized spacial score (nSPS) is 10.9. The van der Waals surface area contributed by atoms with Crippen molar-refractivity contribution in [2.24, 2.45) is 0 Å². The zero-order chi connectivity index (χ0) is 22.2. The minimum absolute atomic E-state index is 0. The van der Waals surface area contributed by atoms with Crippen molar-refractivity contribution in [3.63, 3.8) is 0 Å². The molecular weight excluding hydrogens is 603 g/mol. The summed E-state index contributed by atoms with van der Waals surface area (Å²) in [5.41, 5.74) is 4.86. The zero-order valence-electron chi connectivity index (χ0n) is 18.2. The van der Waals surface area contributed by atoms with E-state index < -0.39 is 0 Å². The average Bonchev–Trinajstić information content (AvgIpc) is 3.18. The van der Waals surface area contributed by atoms with E-state index in [1.807, 2.05) is 36.5 Å². The standard InChI is InChI=1S/C28H18N4O.Pt/c1-19-11-13-30-27(14-19)32-25-7-3-2-6-23(25)24-10-9-20(16-26(24)32)21-15-22(18-29-17-21)33-28-8-4-5-12-31-28;/h2-14,17-18H,1H3;/q-2;+2. The second-order valence-electron chi connectivity index (χ2n) is 7.76. The van der Waals surface area contributed by atoms with Crippen LogP contribution in [0.5, 0.6) is 11.6 Å². The molecule has 5 nitrogen and oxygen atoms in total. The van der Waals surface area contributed by atoms with E-state index in [1.54, 1.807) is 24.7 Å². The fourth-order valence-corrected chi connectivity index (χ4v) is 4.02. The number of ether oxygens (including phenoxy) is 1. The van der Waals surface area contributed by atoms with Gasteiger partial charge in [-0.1, -0.05) is 35.8 Å². The Morgan fingerprint density at radius 1 is 0.794 bits per heavy atom. The van der Waals surface area contributed by atoms with Crippen LogP contribution in [0.15, 0.2) is 91.5 Å².